The molecule has 1 aliphatic heterocycles. The van der Waals surface area contributed by atoms with Gasteiger partial charge in [0.15, 0.2) is 0 Å². The molecule has 0 aromatic carbocycles. The van der Waals surface area contributed by atoms with Crippen LogP contribution >= 0.6 is 0 Å². The smallest absolute Gasteiger partial charge is 0.240 e. The fourth-order valence-corrected chi connectivity index (χ4v) is 3.24. The van der Waals surface area contributed by atoms with E-state index in [0.717, 1.165) is 32.5 Å². The maximum Gasteiger partial charge on any atom is 0.240 e. The fraction of sp³-hybridized carbons (Fsp3) is 0.944. The van der Waals surface area contributed by atoms with Gasteiger partial charge in [-0.15, -0.1) is 0 Å². The van der Waals surface area contributed by atoms with Gasteiger partial charge in [0.25, 0.3) is 0 Å². The molecule has 0 aliphatic carbocycles. The minimum absolute atomic E-state index is 0.0745. The van der Waals surface area contributed by atoms with Crippen LogP contribution in [0.1, 0.15) is 54.4 Å². The lowest BCUT2D eigenvalue weighted by atomic mass is 9.85. The number of nitrogens with zero attached hydrogens (tertiary/aromatic N) is 1. The second-order valence-corrected chi connectivity index (χ2v) is 7.72. The minimum atomic E-state index is -0.409. The van der Waals surface area contributed by atoms with Crippen LogP contribution in [0.4, 0.5) is 0 Å². The van der Waals surface area contributed by atoms with Gasteiger partial charge in [-0.2, -0.15) is 0 Å². The van der Waals surface area contributed by atoms with Crippen molar-refractivity contribution in [3.8, 4) is 0 Å². The summed E-state index contributed by atoms with van der Waals surface area (Å²) in [6.45, 7) is 16.1. The lowest BCUT2D eigenvalue weighted by Gasteiger charge is -2.39. The van der Waals surface area contributed by atoms with Gasteiger partial charge in [0, 0.05) is 19.1 Å². The lowest BCUT2D eigenvalue weighted by molar-refractivity contribution is -0.129. The zero-order valence-electron chi connectivity index (χ0n) is 16.7. The average Bonchev–Trinajstić information content (AvgIpc) is 2.46. The number of rotatable bonds is 7. The summed E-state index contributed by atoms with van der Waals surface area (Å²) in [5.41, 5.74) is -0.335. The lowest BCUT2D eigenvalue weighted by Crippen LogP contribution is -2.63. The van der Waals surface area contributed by atoms with E-state index >= 15 is 0 Å². The zero-order valence-corrected chi connectivity index (χ0v) is 16.7. The molecule has 0 saturated carbocycles. The highest BCUT2D eigenvalue weighted by Crippen LogP contribution is 2.21. The average molecular weight is 329 g/mol. The Bertz CT molecular complexity index is 334. The zero-order chi connectivity index (χ0) is 18.1. The molecule has 5 heteroatoms. The van der Waals surface area contributed by atoms with Gasteiger partial charge < -0.3 is 20.9 Å². The van der Waals surface area contributed by atoms with Crippen molar-refractivity contribution in [3.05, 3.63) is 0 Å². The van der Waals surface area contributed by atoms with E-state index in [9.17, 15) is 4.79 Å². The molecule has 1 rings (SSSR count). The summed E-state index contributed by atoms with van der Waals surface area (Å²) < 4.78 is 0. The Balaban J connectivity index is 0.00000232. The minimum Gasteiger partial charge on any atom is -0.354 e. The first-order chi connectivity index (χ1) is 10.7. The summed E-state index contributed by atoms with van der Waals surface area (Å²) in [5.74, 6) is 0.157. The molecule has 1 saturated heterocycles. The second kappa shape index (κ2) is 10.3. The summed E-state index contributed by atoms with van der Waals surface area (Å²) in [5, 5.41) is 10.0. The first-order valence-electron chi connectivity index (χ1n) is 9.08. The number of hydrogen-bond acceptors (Lipinski definition) is 4. The molecule has 1 fully saturated rings. The number of hydrogen-bond donors (Lipinski definition) is 3. The van der Waals surface area contributed by atoms with Crippen molar-refractivity contribution < 1.29 is 4.79 Å². The first kappa shape index (κ1) is 22.4. The highest BCUT2D eigenvalue weighted by molar-refractivity contribution is 5.86. The summed E-state index contributed by atoms with van der Waals surface area (Å²) in [6, 6.07) is 0.309. The van der Waals surface area contributed by atoms with Gasteiger partial charge in [-0.05, 0) is 59.3 Å². The molecular formula is C18H40N4O. The van der Waals surface area contributed by atoms with E-state index in [4.69, 9.17) is 0 Å². The van der Waals surface area contributed by atoms with Gasteiger partial charge in [-0.1, -0.05) is 27.7 Å². The molecule has 3 N–H and O–H groups in total. The highest BCUT2D eigenvalue weighted by atomic mass is 16.2. The Morgan fingerprint density at radius 3 is 2.17 bits per heavy atom. The summed E-state index contributed by atoms with van der Waals surface area (Å²) in [4.78, 5) is 14.9. The van der Waals surface area contributed by atoms with Gasteiger partial charge in [0.2, 0.25) is 5.91 Å². The molecule has 1 aliphatic rings. The number of amides is 1. The van der Waals surface area contributed by atoms with Gasteiger partial charge in [-0.25, -0.2) is 0 Å². The van der Waals surface area contributed by atoms with Crippen LogP contribution in [0.5, 0.6) is 0 Å². The maximum absolute atomic E-state index is 12.8. The Hall–Kier alpha value is -0.650. The molecule has 138 valence electrons. The van der Waals surface area contributed by atoms with Crippen LogP contribution in [0.2, 0.25) is 0 Å². The molecule has 1 heterocycles. The molecule has 0 aromatic heterocycles. The normalized spacial score (nSPS) is 17.7. The highest BCUT2D eigenvalue weighted by Gasteiger charge is 2.40. The molecule has 1 amide bonds. The third-order valence-corrected chi connectivity index (χ3v) is 3.93. The summed E-state index contributed by atoms with van der Waals surface area (Å²) >= 11 is 0. The van der Waals surface area contributed by atoms with Crippen molar-refractivity contribution in [2.75, 3.05) is 40.3 Å². The molecule has 23 heavy (non-hydrogen) atoms. The van der Waals surface area contributed by atoms with Crippen LogP contribution in [0.3, 0.4) is 0 Å². The Morgan fingerprint density at radius 1 is 1.22 bits per heavy atom. The van der Waals surface area contributed by atoms with E-state index in [1.807, 2.05) is 13.8 Å². The van der Waals surface area contributed by atoms with E-state index in [-0.39, 0.29) is 11.3 Å². The predicted molar refractivity (Wildman–Crippen MR) is 99.8 cm³/mol. The number of piperidine rings is 1. The number of carbonyl (C=O) groups is 1. The Labute approximate surface area is 144 Å². The number of carbonyl (C=O) groups excluding carboxylic acids is 1. The van der Waals surface area contributed by atoms with Crippen molar-refractivity contribution in [3.63, 3.8) is 0 Å². The molecule has 0 spiro atoms. The van der Waals surface area contributed by atoms with Crippen LogP contribution in [-0.4, -0.2) is 62.7 Å². The largest absolute Gasteiger partial charge is 0.354 e. The second-order valence-electron chi connectivity index (χ2n) is 7.72. The molecule has 0 radical (unpaired) electrons. The topological polar surface area (TPSA) is 56.4 Å². The third-order valence-electron chi connectivity index (χ3n) is 3.93. The van der Waals surface area contributed by atoms with Gasteiger partial charge in [0.1, 0.15) is 5.54 Å². The first-order valence-corrected chi connectivity index (χ1v) is 9.08. The van der Waals surface area contributed by atoms with E-state index in [0.29, 0.717) is 12.6 Å². The van der Waals surface area contributed by atoms with E-state index in [2.05, 4.69) is 62.6 Å². The van der Waals surface area contributed by atoms with E-state index in [1.54, 1.807) is 0 Å². The van der Waals surface area contributed by atoms with Crippen LogP contribution in [0.25, 0.3) is 0 Å². The predicted octanol–water partition coefficient (Wildman–Crippen LogP) is 1.84. The molecule has 0 bridgehead atoms. The van der Waals surface area contributed by atoms with Crippen molar-refractivity contribution in [2.24, 2.45) is 5.41 Å². The van der Waals surface area contributed by atoms with Crippen molar-refractivity contribution in [1.82, 2.24) is 20.9 Å². The number of nitrogens with one attached hydrogen (secondary N) is 3. The monoisotopic (exact) mass is 328 g/mol. The molecule has 5 nitrogen and oxygen atoms in total. The van der Waals surface area contributed by atoms with Gasteiger partial charge in [-0.3, -0.25) is 4.79 Å². The molecule has 0 aromatic rings. The third kappa shape index (κ3) is 8.13. The molecule has 0 atom stereocenters. The van der Waals surface area contributed by atoms with E-state index in [1.165, 1.54) is 0 Å². The van der Waals surface area contributed by atoms with E-state index < -0.39 is 5.54 Å². The van der Waals surface area contributed by atoms with Crippen LogP contribution in [0, 0.1) is 5.41 Å². The van der Waals surface area contributed by atoms with Crippen molar-refractivity contribution in [2.45, 2.75) is 66.0 Å². The molecular weight excluding hydrogens is 288 g/mol. The maximum atomic E-state index is 12.8. The van der Waals surface area contributed by atoms with Crippen LogP contribution < -0.4 is 16.0 Å². The molecule has 0 unspecified atom stereocenters. The van der Waals surface area contributed by atoms with Crippen LogP contribution in [-0.2, 0) is 4.79 Å². The van der Waals surface area contributed by atoms with Crippen LogP contribution in [0.15, 0.2) is 0 Å². The standard InChI is InChI=1S/C16H34N4O.C2H6/c1-13(2)19-16(7-9-17-10-8-16)14(21)18-11-15(3,4)12-20(5)6;1-2/h13,17,19H,7-12H2,1-6H3,(H,18,21);1-2H3. The Kier molecular flexibility index (Phi) is 9.97. The van der Waals surface area contributed by atoms with Crippen molar-refractivity contribution in [1.29, 1.82) is 0 Å². The van der Waals surface area contributed by atoms with Gasteiger partial charge >= 0.3 is 0 Å². The quantitative estimate of drug-likeness (QED) is 0.667. The summed E-state index contributed by atoms with van der Waals surface area (Å²) in [7, 11) is 4.14. The SMILES string of the molecule is CC.CC(C)NC1(C(=O)NCC(C)(C)CN(C)C)CCNCC1. The Morgan fingerprint density at radius 2 is 1.74 bits per heavy atom. The van der Waals surface area contributed by atoms with Gasteiger partial charge in [0.05, 0.1) is 0 Å². The fourth-order valence-electron chi connectivity index (χ4n) is 3.24. The summed E-state index contributed by atoms with van der Waals surface area (Å²) in [6.07, 6.45) is 1.70. The van der Waals surface area contributed by atoms with Crippen molar-refractivity contribution >= 4 is 5.91 Å².